The van der Waals surface area contributed by atoms with Crippen molar-refractivity contribution in [3.8, 4) is 11.5 Å². The summed E-state index contributed by atoms with van der Waals surface area (Å²) in [5, 5.41) is 11.0. The first kappa shape index (κ1) is 19.7. The highest BCUT2D eigenvalue weighted by atomic mass is 16.5. The van der Waals surface area contributed by atoms with Gasteiger partial charge in [-0.15, -0.1) is 0 Å². The maximum Gasteiger partial charge on any atom is 0.161 e. The molecule has 1 spiro atoms. The molecule has 6 nitrogen and oxygen atoms in total. The third-order valence-corrected chi connectivity index (χ3v) is 6.57. The molecule has 2 heterocycles. The highest BCUT2D eigenvalue weighted by Crippen LogP contribution is 2.54. The fourth-order valence-corrected chi connectivity index (χ4v) is 5.37. The lowest BCUT2D eigenvalue weighted by Gasteiger charge is -2.46. The summed E-state index contributed by atoms with van der Waals surface area (Å²) < 4.78 is 23.0. The first-order valence-electron chi connectivity index (χ1n) is 10.1. The van der Waals surface area contributed by atoms with Crippen molar-refractivity contribution in [2.45, 2.75) is 50.0 Å². The van der Waals surface area contributed by atoms with Crippen LogP contribution in [0, 0.1) is 0 Å². The molecule has 0 saturated carbocycles. The molecule has 0 aromatic heterocycles. The molecule has 4 unspecified atom stereocenters. The van der Waals surface area contributed by atoms with Gasteiger partial charge in [-0.05, 0) is 61.2 Å². The van der Waals surface area contributed by atoms with E-state index in [9.17, 15) is 5.11 Å². The van der Waals surface area contributed by atoms with Crippen LogP contribution in [-0.4, -0.2) is 69.3 Å². The van der Waals surface area contributed by atoms with Crippen LogP contribution in [0.4, 0.5) is 0 Å². The highest BCUT2D eigenvalue weighted by Gasteiger charge is 2.56. The predicted molar refractivity (Wildman–Crippen MR) is 106 cm³/mol. The molecule has 1 fully saturated rings. The molecular formula is C22H31NO5. The third-order valence-electron chi connectivity index (χ3n) is 6.57. The van der Waals surface area contributed by atoms with E-state index in [-0.39, 0.29) is 17.7 Å². The lowest BCUT2D eigenvalue weighted by atomic mass is 9.71. The molecule has 1 N–H and O–H groups in total. The van der Waals surface area contributed by atoms with E-state index in [0.717, 1.165) is 42.9 Å². The zero-order chi connectivity index (χ0) is 19.9. The van der Waals surface area contributed by atoms with Crippen molar-refractivity contribution in [2.75, 3.05) is 41.0 Å². The van der Waals surface area contributed by atoms with Gasteiger partial charge in [0.2, 0.25) is 0 Å². The molecule has 0 radical (unpaired) electrons. The summed E-state index contributed by atoms with van der Waals surface area (Å²) in [6, 6.07) is 4.21. The maximum atomic E-state index is 11.0. The number of nitrogens with zero attached hydrogens (tertiary/aromatic N) is 1. The fourth-order valence-electron chi connectivity index (χ4n) is 5.37. The molecule has 1 aliphatic carbocycles. The Hall–Kier alpha value is -1.60. The molecule has 28 heavy (non-hydrogen) atoms. The first-order valence-corrected chi connectivity index (χ1v) is 10.1. The predicted octanol–water partition coefficient (Wildman–Crippen LogP) is 2.27. The van der Waals surface area contributed by atoms with E-state index in [2.05, 4.69) is 23.1 Å². The summed E-state index contributed by atoms with van der Waals surface area (Å²) in [6.07, 6.45) is 4.16. The summed E-state index contributed by atoms with van der Waals surface area (Å²) in [7, 11) is 5.08. The summed E-state index contributed by atoms with van der Waals surface area (Å²) in [4.78, 5) is 2.43. The van der Waals surface area contributed by atoms with Gasteiger partial charge in [-0.2, -0.15) is 0 Å². The molecule has 4 atom stereocenters. The number of rotatable bonds is 5. The number of ether oxygens (including phenoxy) is 4. The molecular weight excluding hydrogens is 358 g/mol. The fraction of sp³-hybridized carbons (Fsp3) is 0.636. The molecule has 1 aromatic carbocycles. The van der Waals surface area contributed by atoms with Crippen molar-refractivity contribution in [1.29, 1.82) is 0 Å². The van der Waals surface area contributed by atoms with Crippen molar-refractivity contribution in [3.05, 3.63) is 34.9 Å². The molecule has 3 aliphatic rings. The second-order valence-electron chi connectivity index (χ2n) is 7.81. The van der Waals surface area contributed by atoms with E-state index in [0.29, 0.717) is 13.2 Å². The van der Waals surface area contributed by atoms with Gasteiger partial charge in [0.1, 0.15) is 6.10 Å². The van der Waals surface area contributed by atoms with Gasteiger partial charge in [-0.3, -0.25) is 4.90 Å². The summed E-state index contributed by atoms with van der Waals surface area (Å²) in [6.45, 7) is 4.17. The van der Waals surface area contributed by atoms with E-state index < -0.39 is 6.10 Å². The quantitative estimate of drug-likeness (QED) is 0.780. The second kappa shape index (κ2) is 7.67. The molecule has 6 heteroatoms. The smallest absolute Gasteiger partial charge is 0.161 e. The van der Waals surface area contributed by atoms with Gasteiger partial charge in [0, 0.05) is 26.7 Å². The van der Waals surface area contributed by atoms with Gasteiger partial charge in [0.15, 0.2) is 11.5 Å². The number of methoxy groups -OCH3 is 3. The van der Waals surface area contributed by atoms with Crippen LogP contribution >= 0.6 is 0 Å². The van der Waals surface area contributed by atoms with E-state index in [1.165, 1.54) is 11.1 Å². The molecule has 154 valence electrons. The summed E-state index contributed by atoms with van der Waals surface area (Å²) >= 11 is 0. The lowest BCUT2D eigenvalue weighted by molar-refractivity contribution is -0.0604. The van der Waals surface area contributed by atoms with Crippen molar-refractivity contribution >= 4 is 0 Å². The largest absolute Gasteiger partial charge is 0.493 e. The number of aliphatic hydroxyl groups excluding tert-OH is 1. The molecule has 2 aliphatic heterocycles. The minimum Gasteiger partial charge on any atom is -0.493 e. The zero-order valence-corrected chi connectivity index (χ0v) is 17.2. The molecule has 0 bridgehead atoms. The maximum absolute atomic E-state index is 11.0. The first-order chi connectivity index (χ1) is 13.6. The van der Waals surface area contributed by atoms with Gasteiger partial charge in [0.05, 0.1) is 32.0 Å². The Morgan fingerprint density at radius 3 is 2.61 bits per heavy atom. The van der Waals surface area contributed by atoms with Crippen LogP contribution in [0.15, 0.2) is 23.8 Å². The van der Waals surface area contributed by atoms with Crippen molar-refractivity contribution in [1.82, 2.24) is 4.90 Å². The molecule has 4 rings (SSSR count). The van der Waals surface area contributed by atoms with Crippen LogP contribution in [0.3, 0.4) is 0 Å². The average Bonchev–Trinajstić information content (AvgIpc) is 2.90. The van der Waals surface area contributed by atoms with E-state index >= 15 is 0 Å². The van der Waals surface area contributed by atoms with Crippen molar-refractivity contribution in [3.63, 3.8) is 0 Å². The van der Waals surface area contributed by atoms with Crippen LogP contribution < -0.4 is 9.47 Å². The Kier molecular flexibility index (Phi) is 5.40. The SMILES string of the molecule is CCOC1C=C2C(O)CN3CCCc4cc(OC)c(OC)cc4C23CC1OC. The summed E-state index contributed by atoms with van der Waals surface area (Å²) in [5.41, 5.74) is 3.10. The van der Waals surface area contributed by atoms with Crippen LogP contribution in [-0.2, 0) is 21.4 Å². The Labute approximate surface area is 167 Å². The van der Waals surface area contributed by atoms with Crippen molar-refractivity contribution < 1.29 is 24.1 Å². The number of aliphatic hydroxyl groups is 1. The number of hydrogen-bond donors (Lipinski definition) is 1. The summed E-state index contributed by atoms with van der Waals surface area (Å²) in [5.74, 6) is 1.47. The third kappa shape index (κ3) is 2.86. The van der Waals surface area contributed by atoms with Gasteiger partial charge >= 0.3 is 0 Å². The van der Waals surface area contributed by atoms with Gasteiger partial charge in [-0.25, -0.2) is 0 Å². The highest BCUT2D eigenvalue weighted by molar-refractivity contribution is 5.55. The van der Waals surface area contributed by atoms with E-state index in [1.54, 1.807) is 21.3 Å². The Bertz CT molecular complexity index is 764. The minimum absolute atomic E-state index is 0.0736. The monoisotopic (exact) mass is 389 g/mol. The van der Waals surface area contributed by atoms with Crippen LogP contribution in [0.1, 0.15) is 30.9 Å². The number of hydrogen-bond acceptors (Lipinski definition) is 6. The number of aryl methyl sites for hydroxylation is 1. The normalized spacial score (nSPS) is 32.0. The number of benzene rings is 1. The van der Waals surface area contributed by atoms with Gasteiger partial charge in [0.25, 0.3) is 0 Å². The van der Waals surface area contributed by atoms with E-state index in [4.69, 9.17) is 18.9 Å². The van der Waals surface area contributed by atoms with Gasteiger partial charge in [-0.1, -0.05) is 0 Å². The topological polar surface area (TPSA) is 60.4 Å². The Morgan fingerprint density at radius 1 is 1.18 bits per heavy atom. The second-order valence-corrected chi connectivity index (χ2v) is 7.81. The van der Waals surface area contributed by atoms with Gasteiger partial charge < -0.3 is 24.1 Å². The minimum atomic E-state index is -0.500. The average molecular weight is 389 g/mol. The molecule has 0 amide bonds. The number of fused-ring (bicyclic) bond motifs is 1. The van der Waals surface area contributed by atoms with E-state index in [1.807, 2.05) is 6.92 Å². The van der Waals surface area contributed by atoms with Crippen molar-refractivity contribution in [2.24, 2.45) is 0 Å². The zero-order valence-electron chi connectivity index (χ0n) is 17.2. The van der Waals surface area contributed by atoms with Crippen LogP contribution in [0.2, 0.25) is 0 Å². The van der Waals surface area contributed by atoms with Crippen LogP contribution in [0.25, 0.3) is 0 Å². The van der Waals surface area contributed by atoms with Crippen LogP contribution in [0.5, 0.6) is 11.5 Å². The Morgan fingerprint density at radius 2 is 1.93 bits per heavy atom. The standard InChI is InChI=1S/C22H31NO5/c1-5-28-20-11-16-17(24)13-23-8-6-7-14-9-18(25-2)19(26-3)10-15(14)22(16,23)12-21(20)27-4/h9-11,17,20-21,24H,5-8,12-13H2,1-4H3. The molecule has 1 saturated heterocycles. The Balaban J connectivity index is 1.93. The lowest BCUT2D eigenvalue weighted by Crippen LogP contribution is -2.50. The molecule has 1 aromatic rings.